The molecule has 1 N–H and O–H groups in total. The Kier molecular flexibility index (Phi) is 4.70. The number of hydrogen-bond donors (Lipinski definition) is 1. The Morgan fingerprint density at radius 1 is 1.32 bits per heavy atom. The number of nitrogens with zero attached hydrogens (tertiary/aromatic N) is 2. The lowest BCUT2D eigenvalue weighted by Crippen LogP contribution is -2.46. The fourth-order valence-corrected chi connectivity index (χ4v) is 4.21. The van der Waals surface area contributed by atoms with Crippen LogP contribution in [-0.2, 0) is 26.0 Å². The van der Waals surface area contributed by atoms with Crippen LogP contribution in [0.1, 0.15) is 22.3 Å². The van der Waals surface area contributed by atoms with Gasteiger partial charge in [-0.1, -0.05) is 0 Å². The number of carbonyl (C=O) groups excluding carboxylic acids is 1. The van der Waals surface area contributed by atoms with E-state index in [0.29, 0.717) is 37.4 Å². The maximum atomic E-state index is 12.7. The number of ether oxygens (including phenoxy) is 1. The number of aliphatic carboxylic acids is 1. The Labute approximate surface area is 146 Å². The number of carboxylic acid groups (broad SMARTS) is 1. The lowest BCUT2D eigenvalue weighted by atomic mass is 10.1. The SMILES string of the molecule is CS(=O)(=O)N1CCc2cc(C(=O)N3CCO[C@@H](CC(=O)O)C3)ccc21. The summed E-state index contributed by atoms with van der Waals surface area (Å²) in [6, 6.07) is 5.00. The smallest absolute Gasteiger partial charge is 0.306 e. The first-order valence-electron chi connectivity index (χ1n) is 7.99. The number of anilines is 1. The van der Waals surface area contributed by atoms with Crippen molar-refractivity contribution in [1.82, 2.24) is 4.90 Å². The maximum absolute atomic E-state index is 12.7. The number of benzene rings is 1. The molecule has 2 heterocycles. The van der Waals surface area contributed by atoms with Crippen molar-refractivity contribution in [3.8, 4) is 0 Å². The highest BCUT2D eigenvalue weighted by molar-refractivity contribution is 7.92. The van der Waals surface area contributed by atoms with Crippen molar-refractivity contribution in [2.45, 2.75) is 18.9 Å². The summed E-state index contributed by atoms with van der Waals surface area (Å²) in [6.45, 7) is 1.32. The zero-order valence-electron chi connectivity index (χ0n) is 13.8. The van der Waals surface area contributed by atoms with Crippen LogP contribution in [0.5, 0.6) is 0 Å². The topological polar surface area (TPSA) is 104 Å². The maximum Gasteiger partial charge on any atom is 0.306 e. The van der Waals surface area contributed by atoms with E-state index in [0.717, 1.165) is 11.8 Å². The Hall–Kier alpha value is -2.13. The third kappa shape index (κ3) is 3.77. The van der Waals surface area contributed by atoms with Crippen molar-refractivity contribution in [1.29, 1.82) is 0 Å². The molecule has 25 heavy (non-hydrogen) atoms. The van der Waals surface area contributed by atoms with Crippen molar-refractivity contribution in [3.05, 3.63) is 29.3 Å². The van der Waals surface area contributed by atoms with Gasteiger partial charge in [0, 0.05) is 25.2 Å². The van der Waals surface area contributed by atoms with Crippen molar-refractivity contribution in [2.75, 3.05) is 36.8 Å². The van der Waals surface area contributed by atoms with Crippen LogP contribution in [0.25, 0.3) is 0 Å². The molecule has 0 bridgehead atoms. The lowest BCUT2D eigenvalue weighted by molar-refractivity contribution is -0.141. The quantitative estimate of drug-likeness (QED) is 0.821. The first-order chi connectivity index (χ1) is 11.8. The van der Waals surface area contributed by atoms with E-state index in [9.17, 15) is 18.0 Å². The van der Waals surface area contributed by atoms with E-state index in [4.69, 9.17) is 9.84 Å². The minimum Gasteiger partial charge on any atom is -0.481 e. The van der Waals surface area contributed by atoms with Gasteiger partial charge in [0.15, 0.2) is 0 Å². The number of carboxylic acids is 1. The molecular formula is C16H20N2O6S. The zero-order chi connectivity index (χ0) is 18.2. The van der Waals surface area contributed by atoms with Crippen LogP contribution in [0, 0.1) is 0 Å². The fraction of sp³-hybridized carbons (Fsp3) is 0.500. The molecule has 1 aromatic rings. The molecule has 1 aromatic carbocycles. The predicted molar refractivity (Wildman–Crippen MR) is 90.2 cm³/mol. The highest BCUT2D eigenvalue weighted by Gasteiger charge is 2.29. The molecule has 0 aromatic heterocycles. The third-order valence-electron chi connectivity index (χ3n) is 4.41. The number of sulfonamides is 1. The van der Waals surface area contributed by atoms with Gasteiger partial charge in [0.1, 0.15) is 0 Å². The van der Waals surface area contributed by atoms with Crippen LogP contribution < -0.4 is 4.31 Å². The van der Waals surface area contributed by atoms with Gasteiger partial charge in [-0.3, -0.25) is 13.9 Å². The van der Waals surface area contributed by atoms with Gasteiger partial charge in [0.2, 0.25) is 10.0 Å². The molecule has 1 fully saturated rings. The normalized spacial score (nSPS) is 20.4. The average Bonchev–Trinajstić information content (AvgIpc) is 2.97. The highest BCUT2D eigenvalue weighted by atomic mass is 32.2. The molecule has 1 atom stereocenters. The molecule has 3 rings (SSSR count). The second-order valence-corrected chi connectivity index (χ2v) is 8.18. The summed E-state index contributed by atoms with van der Waals surface area (Å²) in [6.07, 6.45) is 1.08. The second-order valence-electron chi connectivity index (χ2n) is 6.27. The zero-order valence-corrected chi connectivity index (χ0v) is 14.7. The molecule has 0 spiro atoms. The van der Waals surface area contributed by atoms with Gasteiger partial charge in [-0.25, -0.2) is 8.42 Å². The van der Waals surface area contributed by atoms with Crippen molar-refractivity contribution in [2.24, 2.45) is 0 Å². The molecule has 1 saturated heterocycles. The van der Waals surface area contributed by atoms with Crippen LogP contribution in [0.4, 0.5) is 5.69 Å². The van der Waals surface area contributed by atoms with Crippen LogP contribution >= 0.6 is 0 Å². The summed E-state index contributed by atoms with van der Waals surface area (Å²) in [5.41, 5.74) is 1.92. The van der Waals surface area contributed by atoms with Crippen LogP contribution in [0.2, 0.25) is 0 Å². The van der Waals surface area contributed by atoms with E-state index in [1.54, 1.807) is 23.1 Å². The molecule has 0 aliphatic carbocycles. The second kappa shape index (κ2) is 6.64. The van der Waals surface area contributed by atoms with Gasteiger partial charge in [-0.2, -0.15) is 0 Å². The van der Waals surface area contributed by atoms with Crippen LogP contribution in [0.3, 0.4) is 0 Å². The van der Waals surface area contributed by atoms with Crippen LogP contribution in [-0.4, -0.2) is 68.9 Å². The summed E-state index contributed by atoms with van der Waals surface area (Å²) < 4.78 is 30.3. The van der Waals surface area contributed by atoms with Crippen LogP contribution in [0.15, 0.2) is 18.2 Å². The summed E-state index contributed by atoms with van der Waals surface area (Å²) in [7, 11) is -3.32. The van der Waals surface area contributed by atoms with E-state index in [-0.39, 0.29) is 18.9 Å². The fourth-order valence-electron chi connectivity index (χ4n) is 3.25. The third-order valence-corrected chi connectivity index (χ3v) is 5.59. The van der Waals surface area contributed by atoms with Gasteiger partial charge in [-0.15, -0.1) is 0 Å². The Morgan fingerprint density at radius 2 is 2.08 bits per heavy atom. The molecule has 2 aliphatic heterocycles. The van der Waals surface area contributed by atoms with Gasteiger partial charge in [0.25, 0.3) is 5.91 Å². The number of hydrogen-bond acceptors (Lipinski definition) is 5. The molecule has 0 radical (unpaired) electrons. The van der Waals surface area contributed by atoms with Crippen molar-refractivity contribution < 1.29 is 27.9 Å². The van der Waals surface area contributed by atoms with Gasteiger partial charge in [-0.05, 0) is 30.2 Å². The first-order valence-corrected chi connectivity index (χ1v) is 9.84. The number of morpholine rings is 1. The molecule has 0 unspecified atom stereocenters. The minimum absolute atomic E-state index is 0.142. The molecule has 1 amide bonds. The Morgan fingerprint density at radius 3 is 2.76 bits per heavy atom. The molecule has 136 valence electrons. The van der Waals surface area contributed by atoms with Gasteiger partial charge in [0.05, 0.1) is 31.1 Å². The molecule has 0 saturated carbocycles. The van der Waals surface area contributed by atoms with Gasteiger partial charge >= 0.3 is 5.97 Å². The van der Waals surface area contributed by atoms with Gasteiger partial charge < -0.3 is 14.7 Å². The number of fused-ring (bicyclic) bond motifs is 1. The summed E-state index contributed by atoms with van der Waals surface area (Å²) >= 11 is 0. The Balaban J connectivity index is 1.77. The average molecular weight is 368 g/mol. The van der Waals surface area contributed by atoms with E-state index >= 15 is 0 Å². The standard InChI is InChI=1S/C16H20N2O6S/c1-25(22,23)18-5-4-11-8-12(2-3-14(11)18)16(21)17-6-7-24-13(10-17)9-15(19)20/h2-3,8,13H,4-7,9-10H2,1H3,(H,19,20)/t13-/m0/s1. The van der Waals surface area contributed by atoms with E-state index in [1.807, 2.05) is 0 Å². The lowest BCUT2D eigenvalue weighted by Gasteiger charge is -2.32. The number of amides is 1. The van der Waals surface area contributed by atoms with Crippen molar-refractivity contribution in [3.63, 3.8) is 0 Å². The minimum atomic E-state index is -3.32. The molecule has 8 nitrogen and oxygen atoms in total. The first kappa shape index (κ1) is 17.7. The molecule has 9 heteroatoms. The van der Waals surface area contributed by atoms with E-state index in [1.165, 1.54) is 4.31 Å². The van der Waals surface area contributed by atoms with E-state index < -0.39 is 22.1 Å². The largest absolute Gasteiger partial charge is 0.481 e. The Bertz CT molecular complexity index is 807. The number of carbonyl (C=O) groups is 2. The summed E-state index contributed by atoms with van der Waals surface area (Å²) in [5.74, 6) is -1.16. The molecule has 2 aliphatic rings. The molecular weight excluding hydrogens is 348 g/mol. The predicted octanol–water partition coefficient (Wildman–Crippen LogP) is 0.324. The van der Waals surface area contributed by atoms with Crippen molar-refractivity contribution >= 4 is 27.6 Å². The monoisotopic (exact) mass is 368 g/mol. The summed E-state index contributed by atoms with van der Waals surface area (Å²) in [5, 5.41) is 8.87. The number of rotatable bonds is 4. The highest BCUT2D eigenvalue weighted by Crippen LogP contribution is 2.31. The van der Waals surface area contributed by atoms with E-state index in [2.05, 4.69) is 0 Å². The summed E-state index contributed by atoms with van der Waals surface area (Å²) in [4.78, 5) is 25.1.